The molecular formula is C21H27N5S. The van der Waals surface area contributed by atoms with Gasteiger partial charge in [0.15, 0.2) is 5.13 Å². The monoisotopic (exact) mass is 381 g/mol. The van der Waals surface area contributed by atoms with E-state index in [4.69, 9.17) is 5.10 Å². The summed E-state index contributed by atoms with van der Waals surface area (Å²) in [5, 5.41) is 9.52. The zero-order chi connectivity index (χ0) is 19.0. The molecule has 1 atom stereocenters. The van der Waals surface area contributed by atoms with Crippen molar-refractivity contribution in [2.75, 3.05) is 19.0 Å². The van der Waals surface area contributed by atoms with Crippen LogP contribution in [0.1, 0.15) is 46.1 Å². The van der Waals surface area contributed by atoms with Crippen molar-refractivity contribution in [3.63, 3.8) is 0 Å². The average Bonchev–Trinajstić information content (AvgIpc) is 3.29. The van der Waals surface area contributed by atoms with Crippen LogP contribution in [0.15, 0.2) is 30.6 Å². The van der Waals surface area contributed by atoms with Crippen LogP contribution < -0.4 is 10.2 Å². The fourth-order valence-electron chi connectivity index (χ4n) is 3.66. The highest BCUT2D eigenvalue weighted by Crippen LogP contribution is 2.32. The van der Waals surface area contributed by atoms with Crippen LogP contribution in [-0.4, -0.2) is 28.9 Å². The molecule has 3 aromatic rings. The zero-order valence-electron chi connectivity index (χ0n) is 16.5. The number of hydrogen-bond acceptors (Lipinski definition) is 5. The van der Waals surface area contributed by atoms with E-state index in [0.717, 1.165) is 30.2 Å². The molecule has 0 bridgehead atoms. The number of fused-ring (bicyclic) bond motifs is 1. The molecule has 1 aliphatic rings. The highest BCUT2D eigenvalue weighted by Gasteiger charge is 2.24. The van der Waals surface area contributed by atoms with E-state index in [9.17, 15) is 0 Å². The summed E-state index contributed by atoms with van der Waals surface area (Å²) in [6.45, 7) is 5.17. The first-order valence-corrected chi connectivity index (χ1v) is 10.3. The summed E-state index contributed by atoms with van der Waals surface area (Å²) in [5.74, 6) is 0. The molecule has 6 heteroatoms. The second-order valence-corrected chi connectivity index (χ2v) is 8.65. The van der Waals surface area contributed by atoms with Crippen molar-refractivity contribution in [3.8, 4) is 5.69 Å². The van der Waals surface area contributed by atoms with E-state index in [0.29, 0.717) is 6.04 Å². The summed E-state index contributed by atoms with van der Waals surface area (Å²) < 4.78 is 2.13. The van der Waals surface area contributed by atoms with Crippen LogP contribution in [0.4, 0.5) is 5.13 Å². The Balaban J connectivity index is 1.53. The van der Waals surface area contributed by atoms with Crippen molar-refractivity contribution in [1.82, 2.24) is 20.1 Å². The first-order valence-electron chi connectivity index (χ1n) is 9.53. The van der Waals surface area contributed by atoms with Crippen LogP contribution in [0.5, 0.6) is 0 Å². The van der Waals surface area contributed by atoms with E-state index in [1.54, 1.807) is 11.3 Å². The van der Waals surface area contributed by atoms with Crippen molar-refractivity contribution in [1.29, 1.82) is 0 Å². The molecule has 1 N–H and O–H groups in total. The number of aromatic nitrogens is 3. The molecule has 5 nitrogen and oxygen atoms in total. The molecule has 0 amide bonds. The summed E-state index contributed by atoms with van der Waals surface area (Å²) in [6.07, 6.45) is 7.47. The first-order chi connectivity index (χ1) is 13.0. The van der Waals surface area contributed by atoms with Gasteiger partial charge in [-0.15, -0.1) is 11.3 Å². The van der Waals surface area contributed by atoms with Crippen molar-refractivity contribution < 1.29 is 0 Å². The van der Waals surface area contributed by atoms with Gasteiger partial charge < -0.3 is 10.2 Å². The molecule has 0 saturated heterocycles. The molecule has 2 heterocycles. The standard InChI is InChI=1S/C21H27N5S/c1-14-8-9-16(10-15(14)2)26-20-7-5-6-19(18(20)13-24-26)22-11-17-12-23-21(27-17)25(3)4/h8-10,12-13,19,22H,5-7,11H2,1-4H3. The Morgan fingerprint density at radius 3 is 2.81 bits per heavy atom. The predicted molar refractivity (Wildman–Crippen MR) is 112 cm³/mol. The Morgan fingerprint density at radius 1 is 1.22 bits per heavy atom. The lowest BCUT2D eigenvalue weighted by Gasteiger charge is -2.24. The van der Waals surface area contributed by atoms with E-state index in [1.807, 2.05) is 20.3 Å². The lowest BCUT2D eigenvalue weighted by atomic mass is 9.93. The van der Waals surface area contributed by atoms with Crippen LogP contribution in [0, 0.1) is 13.8 Å². The Labute approximate surface area is 165 Å². The number of nitrogens with zero attached hydrogens (tertiary/aromatic N) is 4. The van der Waals surface area contributed by atoms with Crippen LogP contribution in [0.2, 0.25) is 0 Å². The molecule has 142 valence electrons. The van der Waals surface area contributed by atoms with E-state index in [2.05, 4.69) is 58.1 Å². The van der Waals surface area contributed by atoms with Gasteiger partial charge in [-0.05, 0) is 56.4 Å². The molecule has 1 aliphatic carbocycles. The number of hydrogen-bond donors (Lipinski definition) is 1. The molecule has 0 radical (unpaired) electrons. The molecule has 2 aromatic heterocycles. The summed E-state index contributed by atoms with van der Waals surface area (Å²) in [4.78, 5) is 7.80. The minimum Gasteiger partial charge on any atom is -0.354 e. The Kier molecular flexibility index (Phi) is 5.02. The fourth-order valence-corrected chi connectivity index (χ4v) is 4.44. The Bertz CT molecular complexity index is 940. The molecular weight excluding hydrogens is 354 g/mol. The lowest BCUT2D eigenvalue weighted by molar-refractivity contribution is 0.456. The van der Waals surface area contributed by atoms with Gasteiger partial charge in [-0.25, -0.2) is 9.67 Å². The highest BCUT2D eigenvalue weighted by atomic mass is 32.1. The smallest absolute Gasteiger partial charge is 0.185 e. The van der Waals surface area contributed by atoms with E-state index in [-0.39, 0.29) is 0 Å². The SMILES string of the molecule is Cc1ccc(-n2ncc3c2CCCC3NCc2cnc(N(C)C)s2)cc1C. The molecule has 0 spiro atoms. The normalized spacial score (nSPS) is 16.4. The zero-order valence-corrected chi connectivity index (χ0v) is 17.3. The summed E-state index contributed by atoms with van der Waals surface area (Å²) in [5.41, 5.74) is 6.49. The Morgan fingerprint density at radius 2 is 2.07 bits per heavy atom. The number of benzene rings is 1. The summed E-state index contributed by atoms with van der Waals surface area (Å²) in [7, 11) is 4.06. The highest BCUT2D eigenvalue weighted by molar-refractivity contribution is 7.15. The van der Waals surface area contributed by atoms with Crippen LogP contribution in [0.3, 0.4) is 0 Å². The van der Waals surface area contributed by atoms with E-state index < -0.39 is 0 Å². The molecule has 1 aromatic carbocycles. The first kappa shape index (κ1) is 18.2. The number of nitrogens with one attached hydrogen (secondary N) is 1. The van der Waals surface area contributed by atoms with Gasteiger partial charge in [0.2, 0.25) is 0 Å². The fraction of sp³-hybridized carbons (Fsp3) is 0.429. The third-order valence-corrected chi connectivity index (χ3v) is 6.53. The number of aryl methyl sites for hydroxylation is 2. The quantitative estimate of drug-likeness (QED) is 0.720. The number of rotatable bonds is 5. The predicted octanol–water partition coefficient (Wildman–Crippen LogP) is 4.18. The van der Waals surface area contributed by atoms with Gasteiger partial charge in [0.1, 0.15) is 0 Å². The molecule has 0 fully saturated rings. The maximum Gasteiger partial charge on any atom is 0.185 e. The van der Waals surface area contributed by atoms with Gasteiger partial charge in [0.05, 0.1) is 11.9 Å². The van der Waals surface area contributed by atoms with E-state index >= 15 is 0 Å². The number of anilines is 1. The largest absolute Gasteiger partial charge is 0.354 e. The van der Waals surface area contributed by atoms with Gasteiger partial charge >= 0.3 is 0 Å². The van der Waals surface area contributed by atoms with Gasteiger partial charge in [-0.2, -0.15) is 5.10 Å². The van der Waals surface area contributed by atoms with Crippen LogP contribution in [0.25, 0.3) is 5.69 Å². The Hall–Kier alpha value is -2.18. The van der Waals surface area contributed by atoms with Gasteiger partial charge in [-0.3, -0.25) is 0 Å². The number of thiazole rings is 1. The van der Waals surface area contributed by atoms with Gasteiger partial charge in [0.25, 0.3) is 0 Å². The van der Waals surface area contributed by atoms with Crippen LogP contribution >= 0.6 is 11.3 Å². The summed E-state index contributed by atoms with van der Waals surface area (Å²) >= 11 is 1.75. The topological polar surface area (TPSA) is 46.0 Å². The van der Waals surface area contributed by atoms with E-state index in [1.165, 1.54) is 33.7 Å². The molecule has 0 saturated carbocycles. The van der Waals surface area contributed by atoms with Crippen molar-refractivity contribution >= 4 is 16.5 Å². The van der Waals surface area contributed by atoms with Crippen LogP contribution in [-0.2, 0) is 13.0 Å². The second-order valence-electron chi connectivity index (χ2n) is 7.56. The third-order valence-electron chi connectivity index (χ3n) is 5.36. The summed E-state index contributed by atoms with van der Waals surface area (Å²) in [6, 6.07) is 6.95. The molecule has 4 rings (SSSR count). The van der Waals surface area contributed by atoms with Gasteiger partial charge in [-0.1, -0.05) is 6.07 Å². The average molecular weight is 382 g/mol. The minimum atomic E-state index is 0.360. The molecule has 0 aliphatic heterocycles. The maximum atomic E-state index is 4.73. The molecule has 27 heavy (non-hydrogen) atoms. The van der Waals surface area contributed by atoms with Crippen molar-refractivity contribution in [3.05, 3.63) is 57.9 Å². The minimum absolute atomic E-state index is 0.360. The molecule has 1 unspecified atom stereocenters. The van der Waals surface area contributed by atoms with Crippen molar-refractivity contribution in [2.45, 2.75) is 45.7 Å². The van der Waals surface area contributed by atoms with Crippen molar-refractivity contribution in [2.24, 2.45) is 0 Å². The second kappa shape index (κ2) is 7.44. The van der Waals surface area contributed by atoms with Gasteiger partial charge in [0, 0.05) is 49.0 Å². The lowest BCUT2D eigenvalue weighted by Crippen LogP contribution is -2.24. The maximum absolute atomic E-state index is 4.73. The third kappa shape index (κ3) is 3.64.